The molecule has 0 amide bonds. The van der Waals surface area contributed by atoms with E-state index in [0.717, 1.165) is 51.4 Å². The van der Waals surface area contributed by atoms with E-state index in [0.29, 0.717) is 25.7 Å². The summed E-state index contributed by atoms with van der Waals surface area (Å²) in [6.45, 7) is 2.41. The van der Waals surface area contributed by atoms with E-state index in [2.05, 4.69) is 13.8 Å². The summed E-state index contributed by atoms with van der Waals surface area (Å²) in [7, 11) is -5.28. The molecule has 0 spiro atoms. The molecule has 0 aliphatic carbocycles. The molecular formula is C38H74NO10P. The van der Waals surface area contributed by atoms with Gasteiger partial charge in [0, 0.05) is 12.8 Å². The highest BCUT2D eigenvalue weighted by atomic mass is 31.2. The quantitative estimate of drug-likeness (QED) is 0.0231. The summed E-state index contributed by atoms with van der Waals surface area (Å²) in [5, 5.41) is 29.7. The third-order valence-corrected chi connectivity index (χ3v) is 10.5. The monoisotopic (exact) mass is 736 g/mol. The number of hydrogen-bond acceptors (Lipinski definition) is 9. The Hall–Kier alpha value is -1.20. The number of rotatable bonds is 38. The van der Waals surface area contributed by atoms with Gasteiger partial charge >= 0.3 is 13.8 Å². The van der Waals surface area contributed by atoms with Crippen LogP contribution in [0.3, 0.4) is 0 Å². The maximum Gasteiger partial charge on any atom is 0.473 e. The second-order valence-electron chi connectivity index (χ2n) is 14.1. The topological polar surface area (TPSA) is 194 Å². The zero-order valence-electron chi connectivity index (χ0n) is 31.6. The lowest BCUT2D eigenvalue weighted by Gasteiger charge is -2.35. The molecule has 0 saturated heterocycles. The molecule has 0 saturated carbocycles. The van der Waals surface area contributed by atoms with Crippen LogP contribution in [-0.2, 0) is 28.0 Å². The Bertz CT molecular complexity index is 876. The number of phosphoric ester groups is 1. The molecule has 0 bridgehead atoms. The fourth-order valence-corrected chi connectivity index (χ4v) is 7.34. The van der Waals surface area contributed by atoms with Gasteiger partial charge in [0.2, 0.25) is 5.60 Å². The van der Waals surface area contributed by atoms with Crippen molar-refractivity contribution in [2.75, 3.05) is 13.2 Å². The molecule has 0 aliphatic rings. The Kier molecular flexibility index (Phi) is 30.6. The molecule has 0 fully saturated rings. The summed E-state index contributed by atoms with van der Waals surface area (Å²) < 4.78 is 22.9. The van der Waals surface area contributed by atoms with E-state index in [4.69, 9.17) is 19.9 Å². The smallest absolute Gasteiger partial charge is 0.473 e. The lowest BCUT2D eigenvalue weighted by atomic mass is 9.82. The maximum absolute atomic E-state index is 13.6. The zero-order chi connectivity index (χ0) is 37.5. The third kappa shape index (κ3) is 23.4. The van der Waals surface area contributed by atoms with Crippen molar-refractivity contribution in [3.05, 3.63) is 0 Å². The number of unbranched alkanes of at least 4 members (excludes halogenated alkanes) is 24. The van der Waals surface area contributed by atoms with Gasteiger partial charge in [-0.05, 0) is 12.8 Å². The molecule has 11 nitrogen and oxygen atoms in total. The van der Waals surface area contributed by atoms with E-state index in [-0.39, 0.29) is 12.8 Å². The van der Waals surface area contributed by atoms with Crippen LogP contribution in [0.4, 0.5) is 0 Å². The van der Waals surface area contributed by atoms with Gasteiger partial charge in [0.15, 0.2) is 11.6 Å². The highest BCUT2D eigenvalue weighted by Gasteiger charge is 2.55. The van der Waals surface area contributed by atoms with Crippen LogP contribution in [0.2, 0.25) is 0 Å². The molecule has 0 radical (unpaired) electrons. The van der Waals surface area contributed by atoms with E-state index < -0.39 is 56.3 Å². The van der Waals surface area contributed by atoms with Crippen molar-refractivity contribution < 1.29 is 48.2 Å². The molecule has 6 N–H and O–H groups in total. The molecule has 0 aromatic carbocycles. The number of aliphatic hydroxyl groups is 2. The van der Waals surface area contributed by atoms with E-state index in [1.54, 1.807) is 0 Å². The van der Waals surface area contributed by atoms with E-state index in [1.807, 2.05) is 0 Å². The highest BCUT2D eigenvalue weighted by molar-refractivity contribution is 7.47. The molecule has 0 aromatic rings. The molecule has 0 heterocycles. The van der Waals surface area contributed by atoms with Crippen molar-refractivity contribution in [2.45, 2.75) is 211 Å². The van der Waals surface area contributed by atoms with Gasteiger partial charge in [-0.1, -0.05) is 168 Å². The Balaban J connectivity index is 5.08. The standard InChI is InChI=1S/C38H74NO10P/c1-3-5-7-9-11-13-15-17-19-21-23-25-27-29-34(41)38(36(43)31-40,49-50(46,47)48-32-33(39)37(44)45)35(42)30-28-26-24-22-20-18-16-14-12-10-8-6-4-2/h33,36,40,43H,3-32,39H2,1-2H3,(H,44,45)(H,46,47)/t33-,36-/m0/s1. The maximum atomic E-state index is 13.6. The summed E-state index contributed by atoms with van der Waals surface area (Å²) in [5.74, 6) is -3.33. The minimum atomic E-state index is -5.28. The average molecular weight is 736 g/mol. The fourth-order valence-electron chi connectivity index (χ4n) is 6.25. The molecule has 12 heteroatoms. The Morgan fingerprint density at radius 3 is 1.20 bits per heavy atom. The SMILES string of the molecule is CCCCCCCCCCCCCCCC(=O)C(OP(=O)(O)OC[C@H](N)C(=O)O)(C(=O)CCCCCCCCCCCCCCC)[C@@H](O)CO. The largest absolute Gasteiger partial charge is 0.480 e. The summed E-state index contributed by atoms with van der Waals surface area (Å²) in [4.78, 5) is 48.8. The van der Waals surface area contributed by atoms with Gasteiger partial charge in [-0.3, -0.25) is 23.4 Å². The van der Waals surface area contributed by atoms with Crippen molar-refractivity contribution >= 4 is 25.4 Å². The number of nitrogens with two attached hydrogens (primary N) is 1. The van der Waals surface area contributed by atoms with Crippen molar-refractivity contribution in [3.63, 3.8) is 0 Å². The first kappa shape index (κ1) is 48.8. The molecule has 0 rings (SSSR count). The number of carbonyl (C=O) groups is 3. The predicted octanol–water partition coefficient (Wildman–Crippen LogP) is 8.72. The normalized spacial score (nSPS) is 14.4. The Morgan fingerprint density at radius 2 is 0.920 bits per heavy atom. The first-order valence-electron chi connectivity index (χ1n) is 20.0. The number of aliphatic hydroxyl groups excluding tert-OH is 2. The van der Waals surface area contributed by atoms with Crippen molar-refractivity contribution in [3.8, 4) is 0 Å². The Labute approximate surface area is 303 Å². The molecule has 1 unspecified atom stereocenters. The van der Waals surface area contributed by atoms with Gasteiger partial charge in [0.25, 0.3) is 0 Å². The van der Waals surface area contributed by atoms with Crippen molar-refractivity contribution in [1.82, 2.24) is 0 Å². The second-order valence-corrected chi connectivity index (χ2v) is 15.4. The van der Waals surface area contributed by atoms with Crippen LogP contribution in [0.5, 0.6) is 0 Å². The number of carbonyl (C=O) groups excluding carboxylic acids is 2. The first-order valence-corrected chi connectivity index (χ1v) is 21.5. The van der Waals surface area contributed by atoms with E-state index in [1.165, 1.54) is 89.9 Å². The van der Waals surface area contributed by atoms with Crippen LogP contribution in [-0.4, -0.2) is 68.7 Å². The van der Waals surface area contributed by atoms with Crippen LogP contribution < -0.4 is 5.73 Å². The van der Waals surface area contributed by atoms with Gasteiger partial charge in [0.05, 0.1) is 13.2 Å². The van der Waals surface area contributed by atoms with E-state index in [9.17, 15) is 34.1 Å². The average Bonchev–Trinajstić information content (AvgIpc) is 3.09. The van der Waals surface area contributed by atoms with Crippen LogP contribution in [0.25, 0.3) is 0 Å². The molecule has 0 aromatic heterocycles. The lowest BCUT2D eigenvalue weighted by Crippen LogP contribution is -2.58. The minimum absolute atomic E-state index is 0.214. The predicted molar refractivity (Wildman–Crippen MR) is 199 cm³/mol. The molecule has 3 atom stereocenters. The van der Waals surface area contributed by atoms with Crippen LogP contribution >= 0.6 is 7.82 Å². The van der Waals surface area contributed by atoms with Crippen LogP contribution in [0.1, 0.15) is 194 Å². The lowest BCUT2D eigenvalue weighted by molar-refractivity contribution is -0.165. The molecule has 0 aliphatic heterocycles. The van der Waals surface area contributed by atoms with Gasteiger partial charge in [0.1, 0.15) is 12.1 Å². The molecular weight excluding hydrogens is 661 g/mol. The summed E-state index contributed by atoms with van der Waals surface area (Å²) >= 11 is 0. The number of carboxylic acid groups (broad SMARTS) is 1. The van der Waals surface area contributed by atoms with Crippen molar-refractivity contribution in [2.24, 2.45) is 5.73 Å². The van der Waals surface area contributed by atoms with Crippen molar-refractivity contribution in [1.29, 1.82) is 0 Å². The van der Waals surface area contributed by atoms with Crippen LogP contribution in [0.15, 0.2) is 0 Å². The zero-order valence-corrected chi connectivity index (χ0v) is 32.5. The van der Waals surface area contributed by atoms with Gasteiger partial charge in [-0.15, -0.1) is 0 Å². The summed E-state index contributed by atoms with van der Waals surface area (Å²) in [6.07, 6.45) is 25.6. The summed E-state index contributed by atoms with van der Waals surface area (Å²) in [6, 6.07) is -1.67. The van der Waals surface area contributed by atoms with Gasteiger partial charge in [-0.2, -0.15) is 0 Å². The highest BCUT2D eigenvalue weighted by Crippen LogP contribution is 2.49. The van der Waals surface area contributed by atoms with Gasteiger partial charge < -0.3 is 25.9 Å². The molecule has 50 heavy (non-hydrogen) atoms. The molecule has 296 valence electrons. The number of carboxylic acids is 1. The van der Waals surface area contributed by atoms with Crippen LogP contribution in [0, 0.1) is 0 Å². The Morgan fingerprint density at radius 1 is 0.620 bits per heavy atom. The number of aliphatic carboxylic acids is 1. The van der Waals surface area contributed by atoms with E-state index >= 15 is 0 Å². The fraction of sp³-hybridized carbons (Fsp3) is 0.921. The second kappa shape index (κ2) is 31.3. The first-order chi connectivity index (χ1) is 24.0. The number of phosphoric acid groups is 1. The minimum Gasteiger partial charge on any atom is -0.480 e. The third-order valence-electron chi connectivity index (χ3n) is 9.48. The number of hydrogen-bond donors (Lipinski definition) is 5. The number of Topliss-reactive ketones (excluding diaryl/α,β-unsaturated/α-hetero) is 2. The van der Waals surface area contributed by atoms with Gasteiger partial charge in [-0.25, -0.2) is 4.57 Å². The summed E-state index contributed by atoms with van der Waals surface area (Å²) in [5.41, 5.74) is 2.55. The number of ketones is 2.